The minimum Gasteiger partial charge on any atom is -0.311 e. The standard InChI is InChI=1S/C12H18F3N3OS/c1-3-18(9(2)19)11-17-10(8-20-11)7-16-6-4-5-12(13,14)15/h8,16H,3-7H2,1-2H3. The van der Waals surface area contributed by atoms with Crippen molar-refractivity contribution in [3.63, 3.8) is 0 Å². The summed E-state index contributed by atoms with van der Waals surface area (Å²) >= 11 is 1.35. The summed E-state index contributed by atoms with van der Waals surface area (Å²) in [6.07, 6.45) is -4.83. The van der Waals surface area contributed by atoms with E-state index in [2.05, 4.69) is 10.3 Å². The van der Waals surface area contributed by atoms with Crippen molar-refractivity contribution in [1.82, 2.24) is 10.3 Å². The highest BCUT2D eigenvalue weighted by molar-refractivity contribution is 7.14. The molecule has 0 aromatic carbocycles. The fourth-order valence-corrected chi connectivity index (χ4v) is 2.56. The number of rotatable bonds is 7. The molecule has 0 bridgehead atoms. The Morgan fingerprint density at radius 3 is 2.75 bits per heavy atom. The van der Waals surface area contributed by atoms with Gasteiger partial charge in [-0.2, -0.15) is 13.2 Å². The van der Waals surface area contributed by atoms with Crippen LogP contribution < -0.4 is 10.2 Å². The van der Waals surface area contributed by atoms with Gasteiger partial charge in [0, 0.05) is 31.8 Å². The van der Waals surface area contributed by atoms with E-state index in [1.807, 2.05) is 6.92 Å². The zero-order chi connectivity index (χ0) is 15.2. The van der Waals surface area contributed by atoms with E-state index in [1.54, 1.807) is 10.3 Å². The van der Waals surface area contributed by atoms with Crippen LogP contribution in [0.3, 0.4) is 0 Å². The Morgan fingerprint density at radius 1 is 1.50 bits per heavy atom. The molecule has 1 amide bonds. The van der Waals surface area contributed by atoms with Crippen LogP contribution in [-0.2, 0) is 11.3 Å². The van der Waals surface area contributed by atoms with Gasteiger partial charge in [-0.25, -0.2) is 4.98 Å². The Bertz CT molecular complexity index is 434. The van der Waals surface area contributed by atoms with E-state index < -0.39 is 12.6 Å². The zero-order valence-electron chi connectivity index (χ0n) is 11.5. The second-order valence-corrected chi connectivity index (χ2v) is 5.12. The second kappa shape index (κ2) is 7.58. The summed E-state index contributed by atoms with van der Waals surface area (Å²) in [7, 11) is 0. The van der Waals surface area contributed by atoms with Gasteiger partial charge < -0.3 is 5.32 Å². The van der Waals surface area contributed by atoms with E-state index in [0.29, 0.717) is 18.2 Å². The molecule has 1 N–H and O–H groups in total. The van der Waals surface area contributed by atoms with E-state index in [1.165, 1.54) is 18.3 Å². The number of nitrogens with zero attached hydrogens (tertiary/aromatic N) is 2. The van der Waals surface area contributed by atoms with Crippen molar-refractivity contribution in [2.45, 2.75) is 39.4 Å². The van der Waals surface area contributed by atoms with Crippen molar-refractivity contribution in [1.29, 1.82) is 0 Å². The summed E-state index contributed by atoms with van der Waals surface area (Å²) < 4.78 is 35.8. The Morgan fingerprint density at radius 2 is 2.20 bits per heavy atom. The van der Waals surface area contributed by atoms with E-state index in [4.69, 9.17) is 0 Å². The lowest BCUT2D eigenvalue weighted by Crippen LogP contribution is -2.27. The van der Waals surface area contributed by atoms with Gasteiger partial charge in [-0.1, -0.05) is 0 Å². The number of halogens is 3. The van der Waals surface area contributed by atoms with Gasteiger partial charge in [-0.15, -0.1) is 11.3 Å². The zero-order valence-corrected chi connectivity index (χ0v) is 12.3. The van der Waals surface area contributed by atoms with Gasteiger partial charge in [0.25, 0.3) is 0 Å². The number of nitrogens with one attached hydrogen (secondary N) is 1. The molecule has 0 aliphatic heterocycles. The molecule has 0 saturated carbocycles. The summed E-state index contributed by atoms with van der Waals surface area (Å²) in [6, 6.07) is 0. The molecule has 20 heavy (non-hydrogen) atoms. The molecule has 1 aromatic heterocycles. The van der Waals surface area contributed by atoms with Gasteiger partial charge >= 0.3 is 6.18 Å². The lowest BCUT2D eigenvalue weighted by Gasteiger charge is -2.14. The third-order valence-corrected chi connectivity index (χ3v) is 3.50. The average Bonchev–Trinajstić information content (AvgIpc) is 2.76. The Labute approximate surface area is 120 Å². The number of carbonyl (C=O) groups excluding carboxylic acids is 1. The van der Waals surface area contributed by atoms with Crippen LogP contribution in [0.5, 0.6) is 0 Å². The lowest BCUT2D eigenvalue weighted by atomic mass is 10.3. The molecule has 0 fully saturated rings. The molecule has 0 aliphatic carbocycles. The van der Waals surface area contributed by atoms with Crippen LogP contribution in [0.25, 0.3) is 0 Å². The Kier molecular flexibility index (Phi) is 6.41. The van der Waals surface area contributed by atoms with E-state index in [0.717, 1.165) is 5.69 Å². The molecule has 0 unspecified atom stereocenters. The monoisotopic (exact) mass is 309 g/mol. The van der Waals surface area contributed by atoms with Crippen molar-refractivity contribution in [2.75, 3.05) is 18.0 Å². The maximum Gasteiger partial charge on any atom is 0.389 e. The number of hydrogen-bond acceptors (Lipinski definition) is 4. The first-order valence-corrected chi connectivity index (χ1v) is 7.21. The molecular weight excluding hydrogens is 291 g/mol. The largest absolute Gasteiger partial charge is 0.389 e. The van der Waals surface area contributed by atoms with E-state index in [-0.39, 0.29) is 18.9 Å². The van der Waals surface area contributed by atoms with Crippen molar-refractivity contribution >= 4 is 22.4 Å². The molecule has 1 heterocycles. The Balaban J connectivity index is 2.36. The van der Waals surface area contributed by atoms with Crippen molar-refractivity contribution in [2.24, 2.45) is 0 Å². The molecule has 114 valence electrons. The third-order valence-electron chi connectivity index (χ3n) is 2.59. The van der Waals surface area contributed by atoms with Crippen LogP contribution in [0, 0.1) is 0 Å². The number of hydrogen-bond donors (Lipinski definition) is 1. The van der Waals surface area contributed by atoms with Gasteiger partial charge in [0.05, 0.1) is 5.69 Å². The predicted molar refractivity (Wildman–Crippen MR) is 72.8 cm³/mol. The normalized spacial score (nSPS) is 11.7. The van der Waals surface area contributed by atoms with Crippen LogP contribution in [0.15, 0.2) is 5.38 Å². The third kappa shape index (κ3) is 5.87. The molecule has 0 spiro atoms. The van der Waals surface area contributed by atoms with Gasteiger partial charge in [-0.05, 0) is 19.9 Å². The highest BCUT2D eigenvalue weighted by atomic mass is 32.1. The Hall–Kier alpha value is -1.15. The minimum absolute atomic E-state index is 0.0506. The number of thiazole rings is 1. The number of carbonyl (C=O) groups is 1. The summed E-state index contributed by atoms with van der Waals surface area (Å²) in [5, 5.41) is 5.34. The maximum atomic E-state index is 11.9. The van der Waals surface area contributed by atoms with Gasteiger partial charge in [0.15, 0.2) is 5.13 Å². The molecule has 1 aromatic rings. The topological polar surface area (TPSA) is 45.2 Å². The molecule has 4 nitrogen and oxygen atoms in total. The van der Waals surface area contributed by atoms with Crippen molar-refractivity contribution in [3.8, 4) is 0 Å². The average molecular weight is 309 g/mol. The van der Waals surface area contributed by atoms with Crippen LogP contribution in [0.1, 0.15) is 32.4 Å². The SMILES string of the molecule is CCN(C(C)=O)c1nc(CNCCCC(F)(F)F)cs1. The minimum atomic E-state index is -4.10. The summed E-state index contributed by atoms with van der Waals surface area (Å²) in [6.45, 7) is 4.57. The molecular formula is C12H18F3N3OS. The quantitative estimate of drug-likeness (QED) is 0.788. The van der Waals surface area contributed by atoms with Crippen LogP contribution in [0.2, 0.25) is 0 Å². The first-order valence-electron chi connectivity index (χ1n) is 6.33. The summed E-state index contributed by atoms with van der Waals surface area (Å²) in [5.41, 5.74) is 0.733. The van der Waals surface area contributed by atoms with Crippen LogP contribution >= 0.6 is 11.3 Å². The molecule has 8 heteroatoms. The summed E-state index contributed by atoms with van der Waals surface area (Å²) in [4.78, 5) is 17.2. The van der Waals surface area contributed by atoms with Crippen molar-refractivity contribution < 1.29 is 18.0 Å². The number of alkyl halides is 3. The van der Waals surface area contributed by atoms with Crippen LogP contribution in [-0.4, -0.2) is 30.2 Å². The fraction of sp³-hybridized carbons (Fsp3) is 0.667. The van der Waals surface area contributed by atoms with Gasteiger partial charge in [0.2, 0.25) is 5.91 Å². The lowest BCUT2D eigenvalue weighted by molar-refractivity contribution is -0.135. The van der Waals surface area contributed by atoms with E-state index in [9.17, 15) is 18.0 Å². The van der Waals surface area contributed by atoms with Gasteiger partial charge in [-0.3, -0.25) is 9.69 Å². The summed E-state index contributed by atoms with van der Waals surface area (Å²) in [5.74, 6) is -0.0773. The van der Waals surface area contributed by atoms with Crippen molar-refractivity contribution in [3.05, 3.63) is 11.1 Å². The predicted octanol–water partition coefficient (Wildman–Crippen LogP) is 2.95. The smallest absolute Gasteiger partial charge is 0.311 e. The highest BCUT2D eigenvalue weighted by Crippen LogP contribution is 2.21. The molecule has 1 rings (SSSR count). The van der Waals surface area contributed by atoms with Gasteiger partial charge in [0.1, 0.15) is 0 Å². The first-order chi connectivity index (χ1) is 9.33. The number of amides is 1. The maximum absolute atomic E-state index is 11.9. The number of aromatic nitrogens is 1. The van der Waals surface area contributed by atoms with E-state index >= 15 is 0 Å². The molecule has 0 atom stereocenters. The fourth-order valence-electron chi connectivity index (χ4n) is 1.62. The second-order valence-electron chi connectivity index (χ2n) is 4.28. The molecule has 0 aliphatic rings. The molecule has 0 saturated heterocycles. The number of anilines is 1. The highest BCUT2D eigenvalue weighted by Gasteiger charge is 2.25. The van der Waals surface area contributed by atoms with Crippen LogP contribution in [0.4, 0.5) is 18.3 Å². The first kappa shape index (κ1) is 16.9. The molecule has 0 radical (unpaired) electrons.